The summed E-state index contributed by atoms with van der Waals surface area (Å²) in [7, 11) is 0. The van der Waals surface area contributed by atoms with Crippen molar-refractivity contribution in [1.82, 2.24) is 5.32 Å². The number of thiocarbonyl (C=S) groups is 1. The minimum Gasteiger partial charge on any atom is -0.493 e. The lowest BCUT2D eigenvalue weighted by Crippen LogP contribution is -2.34. The smallest absolute Gasteiger partial charge is 0.257 e. The van der Waals surface area contributed by atoms with Gasteiger partial charge in [0, 0.05) is 22.5 Å². The second kappa shape index (κ2) is 11.2. The molecule has 0 saturated heterocycles. The Morgan fingerprint density at radius 2 is 1.55 bits per heavy atom. The average molecular weight is 462 g/mol. The Hall–Kier alpha value is -3.71. The van der Waals surface area contributed by atoms with Gasteiger partial charge in [0.1, 0.15) is 5.75 Å². The summed E-state index contributed by atoms with van der Waals surface area (Å²) < 4.78 is 5.67. The molecule has 6 nitrogen and oxygen atoms in total. The molecule has 0 unspecified atom stereocenters. The summed E-state index contributed by atoms with van der Waals surface area (Å²) in [6.07, 6.45) is 0. The van der Waals surface area contributed by atoms with Gasteiger partial charge in [-0.25, -0.2) is 0 Å². The van der Waals surface area contributed by atoms with Gasteiger partial charge in [0.2, 0.25) is 0 Å². The van der Waals surface area contributed by atoms with Gasteiger partial charge in [-0.15, -0.1) is 0 Å². The second-order valence-corrected chi connectivity index (χ2v) is 8.40. The first-order valence-corrected chi connectivity index (χ1v) is 11.0. The molecule has 2 amide bonds. The van der Waals surface area contributed by atoms with Crippen molar-refractivity contribution in [2.24, 2.45) is 5.92 Å². The zero-order valence-corrected chi connectivity index (χ0v) is 19.7. The molecule has 0 fully saturated rings. The van der Waals surface area contributed by atoms with Crippen molar-refractivity contribution in [3.8, 4) is 5.75 Å². The number of rotatable bonds is 7. The Morgan fingerprint density at radius 1 is 0.879 bits per heavy atom. The van der Waals surface area contributed by atoms with Crippen molar-refractivity contribution in [3.63, 3.8) is 0 Å². The van der Waals surface area contributed by atoms with Crippen LogP contribution in [0.25, 0.3) is 0 Å². The lowest BCUT2D eigenvalue weighted by Gasteiger charge is -2.12. The van der Waals surface area contributed by atoms with Crippen LogP contribution >= 0.6 is 12.2 Å². The fourth-order valence-corrected chi connectivity index (χ4v) is 3.20. The molecule has 0 aliphatic rings. The summed E-state index contributed by atoms with van der Waals surface area (Å²) in [5, 5.41) is 8.69. The lowest BCUT2D eigenvalue weighted by atomic mass is 10.1. The van der Waals surface area contributed by atoms with Gasteiger partial charge in [-0.1, -0.05) is 38.1 Å². The van der Waals surface area contributed by atoms with Crippen LogP contribution in [0.2, 0.25) is 0 Å². The molecule has 3 aromatic rings. The van der Waals surface area contributed by atoms with E-state index >= 15 is 0 Å². The maximum atomic E-state index is 12.5. The zero-order chi connectivity index (χ0) is 23.8. The number of carbonyl (C=O) groups is 2. The number of hydrogen-bond donors (Lipinski definition) is 3. The Morgan fingerprint density at radius 3 is 2.21 bits per heavy atom. The van der Waals surface area contributed by atoms with E-state index in [4.69, 9.17) is 17.0 Å². The lowest BCUT2D eigenvalue weighted by molar-refractivity contribution is 0.0975. The van der Waals surface area contributed by atoms with Gasteiger partial charge in [0.05, 0.1) is 6.61 Å². The molecule has 0 radical (unpaired) electrons. The maximum Gasteiger partial charge on any atom is 0.257 e. The molecule has 0 spiro atoms. The fourth-order valence-electron chi connectivity index (χ4n) is 2.99. The highest BCUT2D eigenvalue weighted by Gasteiger charge is 2.11. The average Bonchev–Trinajstić information content (AvgIpc) is 2.79. The van der Waals surface area contributed by atoms with Crippen LogP contribution in [-0.4, -0.2) is 23.5 Å². The van der Waals surface area contributed by atoms with Crippen molar-refractivity contribution in [2.75, 3.05) is 17.2 Å². The van der Waals surface area contributed by atoms with Crippen LogP contribution in [0, 0.1) is 12.8 Å². The van der Waals surface area contributed by atoms with Gasteiger partial charge in [-0.05, 0) is 79.2 Å². The second-order valence-electron chi connectivity index (χ2n) is 7.99. The third kappa shape index (κ3) is 7.15. The predicted octanol–water partition coefficient (Wildman–Crippen LogP) is 5.41. The van der Waals surface area contributed by atoms with Crippen LogP contribution in [0.4, 0.5) is 11.4 Å². The van der Waals surface area contributed by atoms with Crippen LogP contribution in [0.15, 0.2) is 72.8 Å². The summed E-state index contributed by atoms with van der Waals surface area (Å²) in [4.78, 5) is 25.0. The van der Waals surface area contributed by atoms with Gasteiger partial charge in [-0.2, -0.15) is 0 Å². The summed E-state index contributed by atoms with van der Waals surface area (Å²) in [6, 6.07) is 21.4. The Labute approximate surface area is 199 Å². The minimum absolute atomic E-state index is 0.170. The predicted molar refractivity (Wildman–Crippen MR) is 136 cm³/mol. The molecule has 3 aromatic carbocycles. The van der Waals surface area contributed by atoms with Crippen LogP contribution < -0.4 is 20.7 Å². The van der Waals surface area contributed by atoms with Crippen LogP contribution in [0.1, 0.15) is 40.1 Å². The first kappa shape index (κ1) is 23.9. The molecule has 0 bridgehead atoms. The molecule has 3 rings (SSSR count). The highest BCUT2D eigenvalue weighted by atomic mass is 32.1. The van der Waals surface area contributed by atoms with Crippen LogP contribution in [-0.2, 0) is 0 Å². The van der Waals surface area contributed by atoms with Crippen molar-refractivity contribution in [3.05, 3.63) is 89.5 Å². The van der Waals surface area contributed by atoms with E-state index in [2.05, 4.69) is 29.8 Å². The fraction of sp³-hybridized carbons (Fsp3) is 0.192. The number of amides is 2. The van der Waals surface area contributed by atoms with Gasteiger partial charge >= 0.3 is 0 Å². The van der Waals surface area contributed by atoms with E-state index in [1.807, 2.05) is 31.2 Å². The Balaban J connectivity index is 1.54. The summed E-state index contributed by atoms with van der Waals surface area (Å²) >= 11 is 5.27. The minimum atomic E-state index is -0.329. The van der Waals surface area contributed by atoms with Crippen molar-refractivity contribution >= 4 is 40.5 Å². The monoisotopic (exact) mass is 461 g/mol. The van der Waals surface area contributed by atoms with Gasteiger partial charge in [0.25, 0.3) is 11.8 Å². The normalized spacial score (nSPS) is 10.4. The first-order chi connectivity index (χ1) is 15.8. The first-order valence-electron chi connectivity index (χ1n) is 10.6. The molecule has 0 aliphatic carbocycles. The van der Waals surface area contributed by atoms with Gasteiger partial charge in [-0.3, -0.25) is 14.9 Å². The Kier molecular flexibility index (Phi) is 8.16. The topological polar surface area (TPSA) is 79.5 Å². The summed E-state index contributed by atoms with van der Waals surface area (Å²) in [5.41, 5.74) is 3.33. The summed E-state index contributed by atoms with van der Waals surface area (Å²) in [5.74, 6) is 0.529. The standard InChI is InChI=1S/C26H27N3O3S/c1-17(2)16-32-22-9-6-8-19(15-22)24(30)29-26(33)28-21-13-11-20(12-14-21)27-25(31)23-10-5-4-7-18(23)3/h4-15,17H,16H2,1-3H3,(H,27,31)(H2,28,29,30,33). The van der Waals surface area contributed by atoms with Crippen LogP contribution in [0.5, 0.6) is 5.75 Å². The highest BCUT2D eigenvalue weighted by Crippen LogP contribution is 2.17. The van der Waals surface area contributed by atoms with E-state index in [-0.39, 0.29) is 16.9 Å². The maximum absolute atomic E-state index is 12.5. The van der Waals surface area contributed by atoms with Gasteiger partial charge in [0.15, 0.2) is 5.11 Å². The van der Waals surface area contributed by atoms with Crippen molar-refractivity contribution < 1.29 is 14.3 Å². The SMILES string of the molecule is Cc1ccccc1C(=O)Nc1ccc(NC(=S)NC(=O)c2cccc(OCC(C)C)c2)cc1. The number of hydrogen-bond acceptors (Lipinski definition) is 4. The largest absolute Gasteiger partial charge is 0.493 e. The molecule has 0 aliphatic heterocycles. The summed E-state index contributed by atoms with van der Waals surface area (Å²) in [6.45, 7) is 6.59. The quantitative estimate of drug-likeness (QED) is 0.410. The number of nitrogens with one attached hydrogen (secondary N) is 3. The van der Waals surface area contributed by atoms with E-state index < -0.39 is 0 Å². The third-order valence-corrected chi connectivity index (χ3v) is 4.90. The molecule has 33 heavy (non-hydrogen) atoms. The van der Waals surface area contributed by atoms with E-state index in [1.54, 1.807) is 48.5 Å². The van der Waals surface area contributed by atoms with Crippen LogP contribution in [0.3, 0.4) is 0 Å². The molecular weight excluding hydrogens is 434 g/mol. The zero-order valence-electron chi connectivity index (χ0n) is 18.8. The number of benzene rings is 3. The van der Waals surface area contributed by atoms with Crippen molar-refractivity contribution in [1.29, 1.82) is 0 Å². The molecule has 3 N–H and O–H groups in total. The third-order valence-electron chi connectivity index (χ3n) is 4.70. The molecular formula is C26H27N3O3S. The van der Waals surface area contributed by atoms with E-state index in [1.165, 1.54) is 0 Å². The molecule has 0 aromatic heterocycles. The molecule has 0 atom stereocenters. The molecule has 170 valence electrons. The van der Waals surface area contributed by atoms with E-state index in [0.29, 0.717) is 40.8 Å². The van der Waals surface area contributed by atoms with Gasteiger partial charge < -0.3 is 15.4 Å². The van der Waals surface area contributed by atoms with Crippen molar-refractivity contribution in [2.45, 2.75) is 20.8 Å². The molecule has 7 heteroatoms. The highest BCUT2D eigenvalue weighted by molar-refractivity contribution is 7.80. The Bertz CT molecular complexity index is 1140. The number of carbonyl (C=O) groups excluding carboxylic acids is 2. The molecule has 0 saturated carbocycles. The number of ether oxygens (including phenoxy) is 1. The van der Waals surface area contributed by atoms with E-state index in [9.17, 15) is 9.59 Å². The van der Waals surface area contributed by atoms with E-state index in [0.717, 1.165) is 5.56 Å². The number of aryl methyl sites for hydroxylation is 1. The number of anilines is 2. The molecule has 0 heterocycles.